The molecule has 0 amide bonds. The molecule has 1 rings (SSSR count). The summed E-state index contributed by atoms with van der Waals surface area (Å²) in [5.41, 5.74) is 1.21. The molecule has 0 aliphatic carbocycles. The molecule has 1 unspecified atom stereocenters. The van der Waals surface area contributed by atoms with Crippen LogP contribution in [0.3, 0.4) is 0 Å². The molecule has 1 aromatic rings. The Hall–Kier alpha value is -0.770. The fourth-order valence-electron chi connectivity index (χ4n) is 1.32. The first-order valence-electron chi connectivity index (χ1n) is 5.79. The lowest BCUT2D eigenvalue weighted by Crippen LogP contribution is -2.18. The van der Waals surface area contributed by atoms with Crippen molar-refractivity contribution in [1.29, 1.82) is 0 Å². The van der Waals surface area contributed by atoms with Crippen molar-refractivity contribution in [3.63, 3.8) is 0 Å². The van der Waals surface area contributed by atoms with Crippen LogP contribution in [0.1, 0.15) is 12.5 Å². The molecule has 96 valence electrons. The van der Waals surface area contributed by atoms with Gasteiger partial charge in [0.15, 0.2) is 0 Å². The zero-order valence-corrected chi connectivity index (χ0v) is 10.8. The molecule has 0 aromatic heterocycles. The standard InChI is InChI=1S/C13H19ClO3/c1-2-16-8-7-11-3-5-13(6-4-11)17-10-12(15)9-14/h3-6,12,15H,2,7-10H2,1H3. The second-order valence-corrected chi connectivity index (χ2v) is 4.02. The number of rotatable bonds is 8. The largest absolute Gasteiger partial charge is 0.491 e. The molecule has 0 bridgehead atoms. The van der Waals surface area contributed by atoms with Crippen molar-refractivity contribution in [3.05, 3.63) is 29.8 Å². The third-order valence-electron chi connectivity index (χ3n) is 2.28. The maximum absolute atomic E-state index is 9.24. The van der Waals surface area contributed by atoms with E-state index in [9.17, 15) is 5.11 Å². The number of halogens is 1. The fraction of sp³-hybridized carbons (Fsp3) is 0.538. The number of hydrogen-bond acceptors (Lipinski definition) is 3. The molecule has 0 aliphatic heterocycles. The lowest BCUT2D eigenvalue weighted by atomic mass is 10.1. The Kier molecular flexibility index (Phi) is 7.01. The molecule has 1 atom stereocenters. The number of aliphatic hydroxyl groups is 1. The van der Waals surface area contributed by atoms with E-state index in [4.69, 9.17) is 21.1 Å². The Morgan fingerprint density at radius 2 is 2.00 bits per heavy atom. The van der Waals surface area contributed by atoms with E-state index < -0.39 is 6.10 Å². The average Bonchev–Trinajstić information content (AvgIpc) is 2.37. The van der Waals surface area contributed by atoms with Crippen LogP contribution < -0.4 is 4.74 Å². The van der Waals surface area contributed by atoms with E-state index >= 15 is 0 Å². The highest BCUT2D eigenvalue weighted by Crippen LogP contribution is 2.13. The molecule has 0 saturated carbocycles. The van der Waals surface area contributed by atoms with Crippen LogP contribution in [-0.2, 0) is 11.2 Å². The summed E-state index contributed by atoms with van der Waals surface area (Å²) in [6, 6.07) is 7.79. The molecule has 0 aliphatic rings. The first-order chi connectivity index (χ1) is 8.26. The van der Waals surface area contributed by atoms with Crippen LogP contribution in [0.5, 0.6) is 5.75 Å². The van der Waals surface area contributed by atoms with Crippen molar-refractivity contribution in [1.82, 2.24) is 0 Å². The average molecular weight is 259 g/mol. The van der Waals surface area contributed by atoms with Crippen LogP contribution in [-0.4, -0.2) is 36.9 Å². The van der Waals surface area contributed by atoms with Gasteiger partial charge in [0.2, 0.25) is 0 Å². The lowest BCUT2D eigenvalue weighted by Gasteiger charge is -2.10. The van der Waals surface area contributed by atoms with E-state index in [0.717, 1.165) is 25.4 Å². The zero-order valence-electron chi connectivity index (χ0n) is 10.1. The molecule has 3 nitrogen and oxygen atoms in total. The Bertz CT molecular complexity index is 300. The highest BCUT2D eigenvalue weighted by Gasteiger charge is 2.02. The van der Waals surface area contributed by atoms with Gasteiger partial charge in [0.1, 0.15) is 18.5 Å². The van der Waals surface area contributed by atoms with Gasteiger partial charge in [0.05, 0.1) is 12.5 Å². The second kappa shape index (κ2) is 8.34. The summed E-state index contributed by atoms with van der Waals surface area (Å²) in [6.07, 6.45) is 0.285. The predicted molar refractivity (Wildman–Crippen MR) is 68.9 cm³/mol. The van der Waals surface area contributed by atoms with Crippen molar-refractivity contribution < 1.29 is 14.6 Å². The molecule has 0 fully saturated rings. The Labute approximate surface area is 107 Å². The van der Waals surface area contributed by atoms with Crippen molar-refractivity contribution in [2.24, 2.45) is 0 Å². The normalized spacial score (nSPS) is 12.4. The zero-order chi connectivity index (χ0) is 12.5. The number of ether oxygens (including phenoxy) is 2. The number of hydrogen-bond donors (Lipinski definition) is 1. The van der Waals surface area contributed by atoms with E-state index in [1.165, 1.54) is 5.56 Å². The van der Waals surface area contributed by atoms with Gasteiger partial charge in [-0.15, -0.1) is 11.6 Å². The van der Waals surface area contributed by atoms with Crippen molar-refractivity contribution in [2.75, 3.05) is 25.7 Å². The van der Waals surface area contributed by atoms with Crippen LogP contribution >= 0.6 is 11.6 Å². The molecule has 0 spiro atoms. The van der Waals surface area contributed by atoms with E-state index in [1.54, 1.807) is 0 Å². The summed E-state index contributed by atoms with van der Waals surface area (Å²) < 4.78 is 10.7. The number of alkyl halides is 1. The van der Waals surface area contributed by atoms with E-state index in [1.807, 2.05) is 31.2 Å². The minimum atomic E-state index is -0.616. The van der Waals surface area contributed by atoms with Gasteiger partial charge in [-0.05, 0) is 31.0 Å². The molecular formula is C13H19ClO3. The topological polar surface area (TPSA) is 38.7 Å². The van der Waals surface area contributed by atoms with E-state index in [0.29, 0.717) is 0 Å². The van der Waals surface area contributed by atoms with E-state index in [-0.39, 0.29) is 12.5 Å². The molecule has 17 heavy (non-hydrogen) atoms. The monoisotopic (exact) mass is 258 g/mol. The van der Waals surface area contributed by atoms with Crippen molar-refractivity contribution in [2.45, 2.75) is 19.4 Å². The Balaban J connectivity index is 2.34. The molecule has 0 heterocycles. The minimum absolute atomic E-state index is 0.187. The maximum Gasteiger partial charge on any atom is 0.119 e. The fourth-order valence-corrected chi connectivity index (χ4v) is 1.41. The van der Waals surface area contributed by atoms with Crippen molar-refractivity contribution in [3.8, 4) is 5.75 Å². The molecule has 1 aromatic carbocycles. The lowest BCUT2D eigenvalue weighted by molar-refractivity contribution is 0.125. The molecule has 1 N–H and O–H groups in total. The Morgan fingerprint density at radius 3 is 2.59 bits per heavy atom. The predicted octanol–water partition coefficient (Wildman–Crippen LogP) is 2.24. The first-order valence-corrected chi connectivity index (χ1v) is 6.33. The van der Waals surface area contributed by atoms with Crippen LogP contribution in [0.4, 0.5) is 0 Å². The third-order valence-corrected chi connectivity index (χ3v) is 2.64. The SMILES string of the molecule is CCOCCc1ccc(OCC(O)CCl)cc1. The van der Waals surface area contributed by atoms with E-state index in [2.05, 4.69) is 0 Å². The highest BCUT2D eigenvalue weighted by molar-refractivity contribution is 6.18. The summed E-state index contributed by atoms with van der Waals surface area (Å²) in [5, 5.41) is 9.24. The van der Waals surface area contributed by atoms with Gasteiger partial charge in [-0.1, -0.05) is 12.1 Å². The summed E-state index contributed by atoms with van der Waals surface area (Å²) in [5.74, 6) is 0.932. The summed E-state index contributed by atoms with van der Waals surface area (Å²) in [6.45, 7) is 3.69. The minimum Gasteiger partial charge on any atom is -0.491 e. The maximum atomic E-state index is 9.24. The van der Waals surface area contributed by atoms with Crippen LogP contribution in [0, 0.1) is 0 Å². The molecule has 4 heteroatoms. The van der Waals surface area contributed by atoms with Gasteiger partial charge in [-0.2, -0.15) is 0 Å². The highest BCUT2D eigenvalue weighted by atomic mass is 35.5. The van der Waals surface area contributed by atoms with Gasteiger partial charge in [0.25, 0.3) is 0 Å². The van der Waals surface area contributed by atoms with Gasteiger partial charge < -0.3 is 14.6 Å². The summed E-state index contributed by atoms with van der Waals surface area (Å²) in [4.78, 5) is 0. The van der Waals surface area contributed by atoms with Crippen LogP contribution in [0.15, 0.2) is 24.3 Å². The Morgan fingerprint density at radius 1 is 1.29 bits per heavy atom. The van der Waals surface area contributed by atoms with Gasteiger partial charge in [-0.3, -0.25) is 0 Å². The number of aliphatic hydroxyl groups excluding tert-OH is 1. The second-order valence-electron chi connectivity index (χ2n) is 3.71. The smallest absolute Gasteiger partial charge is 0.119 e. The van der Waals surface area contributed by atoms with Gasteiger partial charge in [-0.25, -0.2) is 0 Å². The quantitative estimate of drug-likeness (QED) is 0.574. The molecule has 0 radical (unpaired) electrons. The summed E-state index contributed by atoms with van der Waals surface area (Å²) in [7, 11) is 0. The number of benzene rings is 1. The van der Waals surface area contributed by atoms with Crippen molar-refractivity contribution >= 4 is 11.6 Å². The van der Waals surface area contributed by atoms with Crippen LogP contribution in [0.2, 0.25) is 0 Å². The summed E-state index contributed by atoms with van der Waals surface area (Å²) >= 11 is 5.47. The molecular weight excluding hydrogens is 240 g/mol. The van der Waals surface area contributed by atoms with Gasteiger partial charge in [0, 0.05) is 6.61 Å². The van der Waals surface area contributed by atoms with Gasteiger partial charge >= 0.3 is 0 Å². The first kappa shape index (κ1) is 14.3. The van der Waals surface area contributed by atoms with Crippen LogP contribution in [0.25, 0.3) is 0 Å². The molecule has 0 saturated heterocycles. The third kappa shape index (κ3) is 5.91.